The Morgan fingerprint density at radius 1 is 0.636 bits per heavy atom. The Kier molecular flexibility index (Phi) is 8.71. The SMILES string of the molecule is [c]1cccc2c1OCCOCCOCCOCCOCCO2. The second kappa shape index (κ2) is 11.3. The Morgan fingerprint density at radius 2 is 1.14 bits per heavy atom. The lowest BCUT2D eigenvalue weighted by molar-refractivity contribution is -0.00842. The third-order valence-corrected chi connectivity index (χ3v) is 2.86. The maximum absolute atomic E-state index is 5.65. The zero-order chi connectivity index (χ0) is 15.3. The summed E-state index contributed by atoms with van der Waals surface area (Å²) in [6.45, 7) is 5.17. The summed E-state index contributed by atoms with van der Waals surface area (Å²) in [5.41, 5.74) is 0. The monoisotopic (exact) mass is 311 g/mol. The summed E-state index contributed by atoms with van der Waals surface area (Å²) < 4.78 is 32.9. The molecule has 22 heavy (non-hydrogen) atoms. The van der Waals surface area contributed by atoms with Gasteiger partial charge in [-0.3, -0.25) is 0 Å². The van der Waals surface area contributed by atoms with Crippen molar-refractivity contribution in [3.63, 3.8) is 0 Å². The van der Waals surface area contributed by atoms with Gasteiger partial charge in [-0.2, -0.15) is 0 Å². The van der Waals surface area contributed by atoms with E-state index in [1.54, 1.807) is 6.07 Å². The van der Waals surface area contributed by atoms with E-state index in [1.807, 2.05) is 12.1 Å². The van der Waals surface area contributed by atoms with Crippen LogP contribution in [0.1, 0.15) is 0 Å². The van der Waals surface area contributed by atoms with Gasteiger partial charge in [0, 0.05) is 6.07 Å². The van der Waals surface area contributed by atoms with Gasteiger partial charge in [0.25, 0.3) is 0 Å². The van der Waals surface area contributed by atoms with Crippen LogP contribution in [0.4, 0.5) is 0 Å². The second-order valence-electron chi connectivity index (χ2n) is 4.51. The topological polar surface area (TPSA) is 55.4 Å². The molecule has 0 atom stereocenters. The molecule has 0 amide bonds. The van der Waals surface area contributed by atoms with Gasteiger partial charge in [0.15, 0.2) is 11.5 Å². The maximum Gasteiger partial charge on any atom is 0.169 e. The highest BCUT2D eigenvalue weighted by atomic mass is 16.6. The summed E-state index contributed by atoms with van der Waals surface area (Å²) >= 11 is 0. The van der Waals surface area contributed by atoms with Crippen LogP contribution >= 0.6 is 0 Å². The highest BCUT2D eigenvalue weighted by Gasteiger charge is 2.05. The lowest BCUT2D eigenvalue weighted by Gasteiger charge is -2.13. The summed E-state index contributed by atoms with van der Waals surface area (Å²) in [7, 11) is 0. The molecule has 0 aromatic heterocycles. The first-order valence-corrected chi connectivity index (χ1v) is 7.54. The molecule has 1 aliphatic rings. The van der Waals surface area contributed by atoms with E-state index < -0.39 is 0 Å². The first-order chi connectivity index (χ1) is 11.0. The zero-order valence-electron chi connectivity index (χ0n) is 12.8. The van der Waals surface area contributed by atoms with Gasteiger partial charge in [-0.15, -0.1) is 0 Å². The highest BCUT2D eigenvalue weighted by Crippen LogP contribution is 2.25. The summed E-state index contributed by atoms with van der Waals surface area (Å²) in [5, 5.41) is 0. The first-order valence-electron chi connectivity index (χ1n) is 7.54. The molecule has 0 N–H and O–H groups in total. The number of ether oxygens (including phenoxy) is 6. The molecule has 123 valence electrons. The predicted molar refractivity (Wildman–Crippen MR) is 79.5 cm³/mol. The molecule has 0 spiro atoms. The molecular weight excluding hydrogens is 288 g/mol. The third kappa shape index (κ3) is 7.09. The van der Waals surface area contributed by atoms with Gasteiger partial charge in [-0.05, 0) is 6.07 Å². The van der Waals surface area contributed by atoms with Crippen LogP contribution in [0.15, 0.2) is 18.2 Å². The van der Waals surface area contributed by atoms with Crippen molar-refractivity contribution in [3.05, 3.63) is 24.3 Å². The number of fused-ring (bicyclic) bond motifs is 1. The summed E-state index contributed by atoms with van der Waals surface area (Å²) in [6.07, 6.45) is 0. The first kappa shape index (κ1) is 17.0. The van der Waals surface area contributed by atoms with E-state index >= 15 is 0 Å². The van der Waals surface area contributed by atoms with E-state index in [2.05, 4.69) is 6.07 Å². The molecule has 1 aromatic rings. The Bertz CT molecular complexity index is 361. The molecule has 1 aliphatic heterocycles. The fourth-order valence-corrected chi connectivity index (χ4v) is 1.81. The quantitative estimate of drug-likeness (QED) is 0.720. The van der Waals surface area contributed by atoms with E-state index in [0.29, 0.717) is 77.6 Å². The summed E-state index contributed by atoms with van der Waals surface area (Å²) in [4.78, 5) is 0. The van der Waals surface area contributed by atoms with Crippen LogP contribution in [0.2, 0.25) is 0 Å². The van der Waals surface area contributed by atoms with Crippen molar-refractivity contribution in [1.29, 1.82) is 0 Å². The minimum atomic E-state index is 0.441. The van der Waals surface area contributed by atoms with Crippen LogP contribution < -0.4 is 9.47 Å². The minimum Gasteiger partial charge on any atom is -0.487 e. The molecular formula is C16H23O6. The maximum atomic E-state index is 5.65. The largest absolute Gasteiger partial charge is 0.487 e. The molecule has 6 nitrogen and oxygen atoms in total. The molecule has 0 aliphatic carbocycles. The van der Waals surface area contributed by atoms with Crippen molar-refractivity contribution in [2.24, 2.45) is 0 Å². The number of hydrogen-bond acceptors (Lipinski definition) is 6. The molecule has 1 radical (unpaired) electrons. The van der Waals surface area contributed by atoms with E-state index in [4.69, 9.17) is 28.4 Å². The predicted octanol–water partition coefficient (Wildman–Crippen LogP) is 1.32. The normalized spacial score (nSPS) is 19.8. The smallest absolute Gasteiger partial charge is 0.169 e. The van der Waals surface area contributed by atoms with E-state index in [-0.39, 0.29) is 0 Å². The molecule has 0 saturated heterocycles. The Morgan fingerprint density at radius 3 is 1.73 bits per heavy atom. The molecule has 1 aromatic carbocycles. The van der Waals surface area contributed by atoms with E-state index in [0.717, 1.165) is 0 Å². The van der Waals surface area contributed by atoms with Gasteiger partial charge in [-0.1, -0.05) is 12.1 Å². The van der Waals surface area contributed by atoms with E-state index in [1.165, 1.54) is 0 Å². The Hall–Kier alpha value is -1.34. The average Bonchev–Trinajstić information content (AvgIpc) is 2.55. The number of hydrogen-bond donors (Lipinski definition) is 0. The van der Waals surface area contributed by atoms with Crippen LogP contribution in [-0.4, -0.2) is 66.1 Å². The second-order valence-corrected chi connectivity index (χ2v) is 4.51. The highest BCUT2D eigenvalue weighted by molar-refractivity contribution is 5.38. The molecule has 0 fully saturated rings. The minimum absolute atomic E-state index is 0.441. The van der Waals surface area contributed by atoms with Crippen LogP contribution in [-0.2, 0) is 18.9 Å². The Labute approximate surface area is 131 Å². The molecule has 0 unspecified atom stereocenters. The van der Waals surface area contributed by atoms with Gasteiger partial charge >= 0.3 is 0 Å². The van der Waals surface area contributed by atoms with Crippen molar-refractivity contribution >= 4 is 0 Å². The fraction of sp³-hybridized carbons (Fsp3) is 0.625. The number of para-hydroxylation sites is 1. The zero-order valence-corrected chi connectivity index (χ0v) is 12.8. The van der Waals surface area contributed by atoms with Gasteiger partial charge in [0.1, 0.15) is 13.2 Å². The molecule has 0 bridgehead atoms. The van der Waals surface area contributed by atoms with Gasteiger partial charge < -0.3 is 28.4 Å². The number of rotatable bonds is 0. The van der Waals surface area contributed by atoms with Crippen LogP contribution in [0.5, 0.6) is 11.5 Å². The Balaban J connectivity index is 1.79. The molecule has 0 saturated carbocycles. The molecule has 6 heteroatoms. The van der Waals surface area contributed by atoms with Crippen molar-refractivity contribution < 1.29 is 28.4 Å². The molecule has 1 heterocycles. The summed E-state index contributed by atoms with van der Waals surface area (Å²) in [6, 6.07) is 8.52. The van der Waals surface area contributed by atoms with Crippen LogP contribution in [0, 0.1) is 6.07 Å². The van der Waals surface area contributed by atoms with Crippen LogP contribution in [0.25, 0.3) is 0 Å². The van der Waals surface area contributed by atoms with Gasteiger partial charge in [0.2, 0.25) is 0 Å². The van der Waals surface area contributed by atoms with Crippen molar-refractivity contribution in [1.82, 2.24) is 0 Å². The van der Waals surface area contributed by atoms with Gasteiger partial charge in [-0.25, -0.2) is 0 Å². The standard InChI is InChI=1S/C16H23O6/c1-2-4-16-15(3-1)21-13-11-19-9-7-17-5-6-18-8-10-20-12-14-22-16/h1-3H,5-14H2. The molecule has 2 rings (SSSR count). The summed E-state index contributed by atoms with van der Waals surface area (Å²) in [5.74, 6) is 1.25. The van der Waals surface area contributed by atoms with Crippen LogP contribution in [0.3, 0.4) is 0 Å². The fourth-order valence-electron chi connectivity index (χ4n) is 1.81. The lowest BCUT2D eigenvalue weighted by Crippen LogP contribution is -2.15. The lowest BCUT2D eigenvalue weighted by atomic mass is 10.3. The average molecular weight is 311 g/mol. The number of benzene rings is 1. The van der Waals surface area contributed by atoms with Gasteiger partial charge in [0.05, 0.1) is 52.9 Å². The third-order valence-electron chi connectivity index (χ3n) is 2.86. The van der Waals surface area contributed by atoms with Crippen molar-refractivity contribution in [2.75, 3.05) is 66.1 Å². The van der Waals surface area contributed by atoms with Crippen molar-refractivity contribution in [3.8, 4) is 11.5 Å². The van der Waals surface area contributed by atoms with Crippen molar-refractivity contribution in [2.45, 2.75) is 0 Å². The van der Waals surface area contributed by atoms with E-state index in [9.17, 15) is 0 Å².